The van der Waals surface area contributed by atoms with Gasteiger partial charge in [-0.3, -0.25) is 4.90 Å². The zero-order valence-electron chi connectivity index (χ0n) is 20.2. The summed E-state index contributed by atoms with van der Waals surface area (Å²) in [5.41, 5.74) is 6.26. The third-order valence-corrected chi connectivity index (χ3v) is 7.77. The highest BCUT2D eigenvalue weighted by Gasteiger charge is 2.38. The fourth-order valence-electron chi connectivity index (χ4n) is 6.09. The van der Waals surface area contributed by atoms with Crippen molar-refractivity contribution in [2.45, 2.75) is 50.1 Å². The van der Waals surface area contributed by atoms with Gasteiger partial charge in [0.2, 0.25) is 0 Å². The second kappa shape index (κ2) is 9.81. The maximum atomic E-state index is 13.3. The van der Waals surface area contributed by atoms with Crippen molar-refractivity contribution >= 4 is 6.09 Å². The van der Waals surface area contributed by atoms with Crippen molar-refractivity contribution in [1.82, 2.24) is 4.90 Å². The van der Waals surface area contributed by atoms with E-state index in [1.54, 1.807) is 12.1 Å². The number of halogens is 1. The quantitative estimate of drug-likeness (QED) is 0.351. The Hall–Kier alpha value is -3.60. The third kappa shape index (κ3) is 4.39. The highest BCUT2D eigenvalue weighted by molar-refractivity contribution is 5.79. The van der Waals surface area contributed by atoms with Crippen molar-refractivity contribution in [2.75, 3.05) is 13.2 Å². The largest absolute Gasteiger partial charge is 0.493 e. The lowest BCUT2D eigenvalue weighted by Gasteiger charge is -2.44. The molecule has 2 unspecified atom stereocenters. The number of amides is 1. The van der Waals surface area contributed by atoms with Crippen LogP contribution in [0.5, 0.6) is 5.75 Å². The maximum absolute atomic E-state index is 13.3. The molecule has 2 atom stereocenters. The fraction of sp³-hybridized carbons (Fsp3) is 0.323. The van der Waals surface area contributed by atoms with E-state index in [0.29, 0.717) is 19.0 Å². The Bertz CT molecular complexity index is 1240. The molecule has 3 aromatic carbocycles. The summed E-state index contributed by atoms with van der Waals surface area (Å²) in [5.74, 6) is 0.479. The first-order valence-electron chi connectivity index (χ1n) is 12.9. The molecule has 184 valence electrons. The van der Waals surface area contributed by atoms with Crippen molar-refractivity contribution < 1.29 is 18.7 Å². The summed E-state index contributed by atoms with van der Waals surface area (Å²) in [6.45, 7) is 0.896. The smallest absolute Gasteiger partial charge is 0.410 e. The molecular weight excluding hydrogens is 453 g/mol. The first-order valence-corrected chi connectivity index (χ1v) is 12.9. The summed E-state index contributed by atoms with van der Waals surface area (Å²) in [6, 6.07) is 23.2. The van der Waals surface area contributed by atoms with Crippen molar-refractivity contribution in [3.63, 3.8) is 0 Å². The normalized spacial score (nSPS) is 20.4. The summed E-state index contributed by atoms with van der Waals surface area (Å²) < 4.78 is 24.9. The molecule has 2 aliphatic heterocycles. The van der Waals surface area contributed by atoms with Crippen LogP contribution in [-0.2, 0) is 4.74 Å². The van der Waals surface area contributed by atoms with Crippen molar-refractivity contribution in [3.05, 3.63) is 101 Å². The molecule has 4 nitrogen and oxygen atoms in total. The molecule has 3 aromatic rings. The van der Waals surface area contributed by atoms with Crippen LogP contribution in [0.1, 0.15) is 49.1 Å². The molecule has 0 spiro atoms. The molecule has 6 rings (SSSR count). The standard InChI is InChI=1S/C31H30FNO3/c32-22-12-14-25(15-13-22)35-17-16-21-18-23-6-5-7-24(19-21)33(23)31(34)36-20-30-28-10-3-1-8-26(28)27-9-2-4-11-29(27)30/h1-4,8-15,18,23-24,30H,5-7,16-17,19-20H2. The van der Waals surface area contributed by atoms with Crippen molar-refractivity contribution in [3.8, 4) is 16.9 Å². The molecule has 1 saturated heterocycles. The van der Waals surface area contributed by atoms with Gasteiger partial charge >= 0.3 is 6.09 Å². The second-order valence-electron chi connectivity index (χ2n) is 9.94. The predicted octanol–water partition coefficient (Wildman–Crippen LogP) is 7.10. The van der Waals surface area contributed by atoms with E-state index < -0.39 is 0 Å². The van der Waals surface area contributed by atoms with Gasteiger partial charge in [0.05, 0.1) is 12.6 Å². The van der Waals surface area contributed by atoms with Crippen LogP contribution in [-0.4, -0.2) is 36.3 Å². The Balaban J connectivity index is 1.10. The van der Waals surface area contributed by atoms with Gasteiger partial charge in [-0.2, -0.15) is 0 Å². The van der Waals surface area contributed by atoms with Gasteiger partial charge in [-0.1, -0.05) is 60.2 Å². The van der Waals surface area contributed by atoms with Gasteiger partial charge in [-0.15, -0.1) is 0 Å². The number of rotatable bonds is 6. The van der Waals surface area contributed by atoms with Crippen LogP contribution in [0.4, 0.5) is 9.18 Å². The number of nitrogens with zero attached hydrogens (tertiary/aromatic N) is 1. The number of piperidine rings is 1. The summed E-state index contributed by atoms with van der Waals surface area (Å²) in [4.78, 5) is 15.3. The molecule has 2 bridgehead atoms. The second-order valence-corrected chi connectivity index (χ2v) is 9.94. The predicted molar refractivity (Wildman–Crippen MR) is 138 cm³/mol. The van der Waals surface area contributed by atoms with Crippen LogP contribution in [0.3, 0.4) is 0 Å². The van der Waals surface area contributed by atoms with Crippen LogP contribution >= 0.6 is 0 Å². The van der Waals surface area contributed by atoms with Crippen LogP contribution < -0.4 is 4.74 Å². The topological polar surface area (TPSA) is 38.8 Å². The van der Waals surface area contributed by atoms with Gasteiger partial charge < -0.3 is 9.47 Å². The SMILES string of the molecule is O=C(OCC1c2ccccc2-c2ccccc21)N1C2C=C(CCOc3ccc(F)cc3)CC1CCC2. The summed E-state index contributed by atoms with van der Waals surface area (Å²) >= 11 is 0. The first-order chi connectivity index (χ1) is 17.7. The summed E-state index contributed by atoms with van der Waals surface area (Å²) in [6.07, 6.45) is 6.78. The number of hydrogen-bond acceptors (Lipinski definition) is 3. The molecule has 2 heterocycles. The van der Waals surface area contributed by atoms with E-state index >= 15 is 0 Å². The maximum Gasteiger partial charge on any atom is 0.410 e. The average molecular weight is 484 g/mol. The monoisotopic (exact) mass is 483 g/mol. The molecule has 3 aliphatic rings. The molecule has 0 aromatic heterocycles. The highest BCUT2D eigenvalue weighted by atomic mass is 19.1. The van der Waals surface area contributed by atoms with E-state index in [1.807, 2.05) is 4.90 Å². The van der Waals surface area contributed by atoms with E-state index in [0.717, 1.165) is 32.1 Å². The highest BCUT2D eigenvalue weighted by Crippen LogP contribution is 2.45. The third-order valence-electron chi connectivity index (χ3n) is 7.77. The average Bonchev–Trinajstić information content (AvgIpc) is 3.21. The van der Waals surface area contributed by atoms with Crippen LogP contribution in [0.15, 0.2) is 84.4 Å². The minimum atomic E-state index is -0.265. The first kappa shape index (κ1) is 22.8. The van der Waals surface area contributed by atoms with E-state index in [2.05, 4.69) is 54.6 Å². The van der Waals surface area contributed by atoms with Gasteiger partial charge in [-0.05, 0) is 72.2 Å². The van der Waals surface area contributed by atoms with Gasteiger partial charge in [-0.25, -0.2) is 9.18 Å². The Labute approximate surface area is 211 Å². The van der Waals surface area contributed by atoms with E-state index in [4.69, 9.17) is 9.47 Å². The number of carbonyl (C=O) groups is 1. The number of carbonyl (C=O) groups excluding carboxylic acids is 1. The fourth-order valence-corrected chi connectivity index (χ4v) is 6.09. The lowest BCUT2D eigenvalue weighted by atomic mass is 9.84. The Kier molecular flexibility index (Phi) is 6.22. The van der Waals surface area contributed by atoms with Gasteiger partial charge in [0.25, 0.3) is 0 Å². The Morgan fingerprint density at radius 1 is 0.917 bits per heavy atom. The zero-order valence-corrected chi connectivity index (χ0v) is 20.2. The van der Waals surface area contributed by atoms with Crippen molar-refractivity contribution in [2.24, 2.45) is 0 Å². The number of benzene rings is 3. The summed E-state index contributed by atoms with van der Waals surface area (Å²) in [5, 5.41) is 0. The zero-order chi connectivity index (χ0) is 24.5. The van der Waals surface area contributed by atoms with Crippen LogP contribution in [0, 0.1) is 5.82 Å². The van der Waals surface area contributed by atoms with Gasteiger partial charge in [0.15, 0.2) is 0 Å². The molecule has 0 saturated carbocycles. The van der Waals surface area contributed by atoms with E-state index in [1.165, 1.54) is 40.0 Å². The van der Waals surface area contributed by atoms with Crippen molar-refractivity contribution in [1.29, 1.82) is 0 Å². The van der Waals surface area contributed by atoms with Crippen LogP contribution in [0.25, 0.3) is 11.1 Å². The molecule has 5 heteroatoms. The van der Waals surface area contributed by atoms with Gasteiger partial charge in [0, 0.05) is 18.4 Å². The van der Waals surface area contributed by atoms with E-state index in [-0.39, 0.29) is 29.9 Å². The summed E-state index contributed by atoms with van der Waals surface area (Å²) in [7, 11) is 0. The number of hydrogen-bond donors (Lipinski definition) is 0. The molecule has 0 radical (unpaired) electrons. The molecule has 1 fully saturated rings. The molecule has 1 aliphatic carbocycles. The molecule has 1 amide bonds. The van der Waals surface area contributed by atoms with Gasteiger partial charge in [0.1, 0.15) is 18.2 Å². The number of ether oxygens (including phenoxy) is 2. The lowest BCUT2D eigenvalue weighted by Crippen LogP contribution is -2.52. The van der Waals surface area contributed by atoms with E-state index in [9.17, 15) is 9.18 Å². The van der Waals surface area contributed by atoms with Crippen LogP contribution in [0.2, 0.25) is 0 Å². The Morgan fingerprint density at radius 3 is 2.31 bits per heavy atom. The number of fused-ring (bicyclic) bond motifs is 5. The molecular formula is C31H30FNO3. The lowest BCUT2D eigenvalue weighted by molar-refractivity contribution is 0.0505. The minimum Gasteiger partial charge on any atom is -0.493 e. The minimum absolute atomic E-state index is 0.0701. The molecule has 36 heavy (non-hydrogen) atoms. The molecule has 0 N–H and O–H groups in total. The Morgan fingerprint density at radius 2 is 1.61 bits per heavy atom.